The second-order valence-corrected chi connectivity index (χ2v) is 6.91. The number of nitrogens with zero attached hydrogens (tertiary/aromatic N) is 4. The van der Waals surface area contributed by atoms with Crippen LogP contribution in [0.4, 0.5) is 17.5 Å². The first-order chi connectivity index (χ1) is 13.8. The van der Waals surface area contributed by atoms with Crippen molar-refractivity contribution < 1.29 is 9.59 Å². The van der Waals surface area contributed by atoms with Crippen molar-refractivity contribution in [2.75, 3.05) is 24.7 Å². The Morgan fingerprint density at radius 3 is 2.24 bits per heavy atom. The van der Waals surface area contributed by atoms with Crippen LogP contribution in [0.25, 0.3) is 0 Å². The lowest BCUT2D eigenvalue weighted by Gasteiger charge is -2.11. The number of amides is 2. The Morgan fingerprint density at radius 2 is 1.62 bits per heavy atom. The minimum atomic E-state index is -0.491. The van der Waals surface area contributed by atoms with Gasteiger partial charge in [-0.2, -0.15) is 0 Å². The Kier molecular flexibility index (Phi) is 6.26. The van der Waals surface area contributed by atoms with Gasteiger partial charge in [0.2, 0.25) is 0 Å². The Hall–Kier alpha value is -3.23. The molecule has 0 aliphatic carbocycles. The maximum absolute atomic E-state index is 12.5. The summed E-state index contributed by atoms with van der Waals surface area (Å²) in [4.78, 5) is 38.2. The molecule has 0 radical (unpaired) electrons. The van der Waals surface area contributed by atoms with Gasteiger partial charge in [0.15, 0.2) is 0 Å². The largest absolute Gasteiger partial charge is 0.345 e. The highest BCUT2D eigenvalue weighted by atomic mass is 35.5. The molecule has 0 bridgehead atoms. The summed E-state index contributed by atoms with van der Waals surface area (Å²) >= 11 is 12.1. The Labute approximate surface area is 176 Å². The van der Waals surface area contributed by atoms with Crippen LogP contribution in [-0.4, -0.2) is 45.8 Å². The smallest absolute Gasteiger partial charge is 0.259 e. The Bertz CT molecular complexity index is 1040. The maximum Gasteiger partial charge on any atom is 0.259 e. The second-order valence-electron chi connectivity index (χ2n) is 6.10. The van der Waals surface area contributed by atoms with Gasteiger partial charge in [-0.3, -0.25) is 9.59 Å². The highest BCUT2D eigenvalue weighted by molar-refractivity contribution is 6.40. The lowest BCUT2D eigenvalue weighted by atomic mass is 10.2. The average Bonchev–Trinajstić information content (AvgIpc) is 2.68. The molecule has 2 heterocycles. The number of benzene rings is 1. The molecular weight excluding hydrogens is 415 g/mol. The van der Waals surface area contributed by atoms with Gasteiger partial charge in [0.1, 0.15) is 23.8 Å². The zero-order chi connectivity index (χ0) is 21.0. The molecule has 8 nitrogen and oxygen atoms in total. The van der Waals surface area contributed by atoms with E-state index in [2.05, 4.69) is 25.6 Å². The molecule has 0 saturated heterocycles. The van der Waals surface area contributed by atoms with Crippen LogP contribution in [0, 0.1) is 0 Å². The first kappa shape index (κ1) is 20.5. The first-order valence-corrected chi connectivity index (χ1v) is 9.13. The fourth-order valence-electron chi connectivity index (χ4n) is 2.37. The average molecular weight is 431 g/mol. The summed E-state index contributed by atoms with van der Waals surface area (Å²) in [7, 11) is 3.34. The molecule has 0 unspecified atom stereocenters. The fourth-order valence-corrected chi connectivity index (χ4v) is 2.94. The Morgan fingerprint density at radius 1 is 0.931 bits per heavy atom. The third-order valence-electron chi connectivity index (χ3n) is 3.77. The van der Waals surface area contributed by atoms with E-state index >= 15 is 0 Å². The van der Waals surface area contributed by atoms with E-state index in [0.29, 0.717) is 17.2 Å². The first-order valence-electron chi connectivity index (χ1n) is 8.37. The number of carbonyl (C=O) groups excluding carboxylic acids is 2. The van der Waals surface area contributed by atoms with Crippen LogP contribution in [0.1, 0.15) is 20.7 Å². The summed E-state index contributed by atoms with van der Waals surface area (Å²) in [6, 6.07) is 9.64. The lowest BCUT2D eigenvalue weighted by Crippen LogP contribution is -2.21. The van der Waals surface area contributed by atoms with Crippen LogP contribution < -0.4 is 10.6 Å². The highest BCUT2D eigenvalue weighted by Crippen LogP contribution is 2.25. The molecule has 29 heavy (non-hydrogen) atoms. The molecule has 2 amide bonds. The maximum atomic E-state index is 12.5. The van der Waals surface area contributed by atoms with E-state index in [4.69, 9.17) is 23.2 Å². The van der Waals surface area contributed by atoms with E-state index in [-0.39, 0.29) is 27.3 Å². The van der Waals surface area contributed by atoms with Gasteiger partial charge < -0.3 is 15.5 Å². The Balaban J connectivity index is 1.73. The standard InChI is InChI=1S/C19H16Cl2N6O2/c1-27(2)19(29)11-6-7-14(22-9-11)25-15-8-16(24-10-23-15)26-18(28)17-12(20)4-3-5-13(17)21/h3-10H,1-2H3,(H2,22,23,24,25,26,28). The zero-order valence-corrected chi connectivity index (χ0v) is 17.0. The third kappa shape index (κ3) is 4.98. The molecule has 0 fully saturated rings. The number of aromatic nitrogens is 3. The van der Waals surface area contributed by atoms with Crippen LogP contribution in [0.15, 0.2) is 48.9 Å². The highest BCUT2D eigenvalue weighted by Gasteiger charge is 2.15. The molecule has 3 aromatic rings. The number of hydrogen-bond acceptors (Lipinski definition) is 6. The minimum Gasteiger partial charge on any atom is -0.345 e. The van der Waals surface area contributed by atoms with Gasteiger partial charge in [-0.05, 0) is 24.3 Å². The van der Waals surface area contributed by atoms with Crippen molar-refractivity contribution in [1.29, 1.82) is 0 Å². The van der Waals surface area contributed by atoms with Crippen LogP contribution in [-0.2, 0) is 0 Å². The zero-order valence-electron chi connectivity index (χ0n) is 15.5. The van der Waals surface area contributed by atoms with Crippen molar-refractivity contribution in [3.8, 4) is 0 Å². The van der Waals surface area contributed by atoms with E-state index < -0.39 is 5.91 Å². The molecule has 3 rings (SSSR count). The molecule has 2 N–H and O–H groups in total. The summed E-state index contributed by atoms with van der Waals surface area (Å²) in [5, 5.41) is 6.09. The predicted octanol–water partition coefficient (Wildman–Crippen LogP) is 3.88. The van der Waals surface area contributed by atoms with Gasteiger partial charge in [0, 0.05) is 26.4 Å². The molecule has 148 valence electrons. The second kappa shape index (κ2) is 8.85. The van der Waals surface area contributed by atoms with Crippen molar-refractivity contribution in [1.82, 2.24) is 19.9 Å². The summed E-state index contributed by atoms with van der Waals surface area (Å²) in [6.45, 7) is 0. The SMILES string of the molecule is CN(C)C(=O)c1ccc(Nc2cc(NC(=O)c3c(Cl)cccc3Cl)ncn2)nc1. The van der Waals surface area contributed by atoms with Crippen LogP contribution in [0.2, 0.25) is 10.0 Å². The van der Waals surface area contributed by atoms with Crippen LogP contribution in [0.5, 0.6) is 0 Å². The van der Waals surface area contributed by atoms with Crippen molar-refractivity contribution in [2.24, 2.45) is 0 Å². The molecule has 10 heteroatoms. The van der Waals surface area contributed by atoms with Gasteiger partial charge in [0.05, 0.1) is 21.2 Å². The fraction of sp³-hybridized carbons (Fsp3) is 0.105. The lowest BCUT2D eigenvalue weighted by molar-refractivity contribution is 0.0827. The number of nitrogens with one attached hydrogen (secondary N) is 2. The van der Waals surface area contributed by atoms with Crippen molar-refractivity contribution in [3.63, 3.8) is 0 Å². The van der Waals surface area contributed by atoms with Gasteiger partial charge in [0.25, 0.3) is 11.8 Å². The number of anilines is 3. The molecule has 0 saturated carbocycles. The van der Waals surface area contributed by atoms with Gasteiger partial charge in [-0.1, -0.05) is 29.3 Å². The van der Waals surface area contributed by atoms with Crippen molar-refractivity contribution >= 4 is 52.5 Å². The van der Waals surface area contributed by atoms with E-state index in [0.717, 1.165) is 0 Å². The number of rotatable bonds is 5. The van der Waals surface area contributed by atoms with Gasteiger partial charge >= 0.3 is 0 Å². The van der Waals surface area contributed by atoms with E-state index in [1.165, 1.54) is 23.5 Å². The number of hydrogen-bond donors (Lipinski definition) is 2. The molecule has 2 aromatic heterocycles. The molecule has 0 aliphatic rings. The normalized spacial score (nSPS) is 10.3. The number of carbonyl (C=O) groups is 2. The summed E-state index contributed by atoms with van der Waals surface area (Å²) < 4.78 is 0. The van der Waals surface area contributed by atoms with E-state index in [1.807, 2.05) is 0 Å². The molecular formula is C19H16Cl2N6O2. The summed E-state index contributed by atoms with van der Waals surface area (Å²) in [5.41, 5.74) is 0.625. The molecule has 1 aromatic carbocycles. The summed E-state index contributed by atoms with van der Waals surface area (Å²) in [6.07, 6.45) is 2.75. The van der Waals surface area contributed by atoms with Gasteiger partial charge in [-0.15, -0.1) is 0 Å². The van der Waals surface area contributed by atoms with Crippen molar-refractivity contribution in [3.05, 3.63) is 70.1 Å². The molecule has 0 aliphatic heterocycles. The van der Waals surface area contributed by atoms with Crippen LogP contribution >= 0.6 is 23.2 Å². The predicted molar refractivity (Wildman–Crippen MR) is 112 cm³/mol. The van der Waals surface area contributed by atoms with Crippen molar-refractivity contribution in [2.45, 2.75) is 0 Å². The van der Waals surface area contributed by atoms with E-state index in [1.54, 1.807) is 44.4 Å². The van der Waals surface area contributed by atoms with E-state index in [9.17, 15) is 9.59 Å². The molecule has 0 spiro atoms. The minimum absolute atomic E-state index is 0.144. The monoisotopic (exact) mass is 430 g/mol. The quantitative estimate of drug-likeness (QED) is 0.636. The topological polar surface area (TPSA) is 100 Å². The van der Waals surface area contributed by atoms with Gasteiger partial charge in [-0.25, -0.2) is 15.0 Å². The third-order valence-corrected chi connectivity index (χ3v) is 4.40. The molecule has 0 atom stereocenters. The number of pyridine rings is 1. The summed E-state index contributed by atoms with van der Waals surface area (Å²) in [5.74, 6) is 0.498. The number of halogens is 2. The van der Waals surface area contributed by atoms with Crippen LogP contribution in [0.3, 0.4) is 0 Å².